The van der Waals surface area contributed by atoms with Crippen molar-refractivity contribution in [3.8, 4) is 0 Å². The maximum atomic E-state index is 12.3. The minimum absolute atomic E-state index is 0.257. The molecule has 0 spiro atoms. The fourth-order valence-corrected chi connectivity index (χ4v) is 2.72. The molecule has 0 bridgehead atoms. The van der Waals surface area contributed by atoms with Crippen LogP contribution in [0.4, 0.5) is 10.5 Å². The maximum absolute atomic E-state index is 12.3. The first-order valence-electron chi connectivity index (χ1n) is 7.32. The standard InChI is InChI=1S/C14H22N4O3/c1-3-14(12(19)20)6-5-7-17(10-14)13(21)16-11-8-15-18(4-2)9-11/h8-9H,3-7,10H2,1-2H3,(H,16,21)(H,19,20). The SMILES string of the molecule is CCn1cc(NC(=O)N2CCCC(CC)(C(=O)O)C2)cn1. The fraction of sp³-hybridized carbons (Fsp3) is 0.643. The summed E-state index contributed by atoms with van der Waals surface area (Å²) in [5, 5.41) is 16.3. The van der Waals surface area contributed by atoms with Crippen LogP contribution in [0.3, 0.4) is 0 Å². The predicted molar refractivity (Wildman–Crippen MR) is 78.1 cm³/mol. The summed E-state index contributed by atoms with van der Waals surface area (Å²) in [5.41, 5.74) is -0.187. The molecule has 7 heteroatoms. The van der Waals surface area contributed by atoms with Crippen LogP contribution >= 0.6 is 0 Å². The fourth-order valence-electron chi connectivity index (χ4n) is 2.72. The summed E-state index contributed by atoms with van der Waals surface area (Å²) in [6.07, 6.45) is 5.21. The number of likely N-dealkylation sites (tertiary alicyclic amines) is 1. The predicted octanol–water partition coefficient (Wildman–Crippen LogP) is 2.01. The molecule has 2 amide bonds. The van der Waals surface area contributed by atoms with Gasteiger partial charge in [-0.2, -0.15) is 5.10 Å². The minimum atomic E-state index is -0.818. The van der Waals surface area contributed by atoms with Crippen molar-refractivity contribution >= 4 is 17.7 Å². The van der Waals surface area contributed by atoms with Crippen LogP contribution in [0.5, 0.6) is 0 Å². The number of urea groups is 1. The number of carboxylic acids is 1. The normalized spacial score (nSPS) is 22.1. The Balaban J connectivity index is 2.03. The number of carbonyl (C=O) groups excluding carboxylic acids is 1. The Hall–Kier alpha value is -2.05. The number of hydrogen-bond donors (Lipinski definition) is 2. The molecule has 2 N–H and O–H groups in total. The smallest absolute Gasteiger partial charge is 0.321 e. The van der Waals surface area contributed by atoms with E-state index in [9.17, 15) is 14.7 Å². The van der Waals surface area contributed by atoms with Crippen molar-refractivity contribution in [2.24, 2.45) is 5.41 Å². The van der Waals surface area contributed by atoms with Crippen LogP contribution in [0.25, 0.3) is 0 Å². The number of rotatable bonds is 4. The summed E-state index contributed by atoms with van der Waals surface area (Å²) in [7, 11) is 0. The Bertz CT molecular complexity index is 528. The van der Waals surface area contributed by atoms with Crippen molar-refractivity contribution in [3.05, 3.63) is 12.4 Å². The van der Waals surface area contributed by atoms with E-state index in [-0.39, 0.29) is 12.6 Å². The third-order valence-corrected chi connectivity index (χ3v) is 4.20. The van der Waals surface area contributed by atoms with E-state index in [1.807, 2.05) is 13.8 Å². The highest BCUT2D eigenvalue weighted by atomic mass is 16.4. The van der Waals surface area contributed by atoms with Gasteiger partial charge < -0.3 is 15.3 Å². The van der Waals surface area contributed by atoms with Crippen molar-refractivity contribution in [1.82, 2.24) is 14.7 Å². The number of aryl methyl sites for hydroxylation is 1. The molecular weight excluding hydrogens is 272 g/mol. The van der Waals surface area contributed by atoms with Crippen molar-refractivity contribution in [1.29, 1.82) is 0 Å². The lowest BCUT2D eigenvalue weighted by molar-refractivity contribution is -0.152. The topological polar surface area (TPSA) is 87.5 Å². The molecule has 2 rings (SSSR count). The van der Waals surface area contributed by atoms with Crippen molar-refractivity contribution in [2.45, 2.75) is 39.7 Å². The lowest BCUT2D eigenvalue weighted by Gasteiger charge is -2.39. The molecule has 1 aliphatic rings. The summed E-state index contributed by atoms with van der Waals surface area (Å²) >= 11 is 0. The number of aliphatic carboxylic acids is 1. The molecule has 2 heterocycles. The maximum Gasteiger partial charge on any atom is 0.321 e. The molecule has 21 heavy (non-hydrogen) atoms. The molecule has 1 aromatic rings. The zero-order chi connectivity index (χ0) is 15.5. The van der Waals surface area contributed by atoms with Gasteiger partial charge in [0, 0.05) is 25.8 Å². The number of carboxylic acid groups (broad SMARTS) is 1. The largest absolute Gasteiger partial charge is 0.481 e. The van der Waals surface area contributed by atoms with Crippen LogP contribution in [-0.2, 0) is 11.3 Å². The molecule has 1 atom stereocenters. The van der Waals surface area contributed by atoms with Crippen LogP contribution in [0.15, 0.2) is 12.4 Å². The van der Waals surface area contributed by atoms with Crippen LogP contribution in [0, 0.1) is 5.41 Å². The lowest BCUT2D eigenvalue weighted by Crippen LogP contribution is -2.50. The third-order valence-electron chi connectivity index (χ3n) is 4.20. The van der Waals surface area contributed by atoms with E-state index >= 15 is 0 Å². The van der Waals surface area contributed by atoms with E-state index in [1.54, 1.807) is 22.0 Å². The second kappa shape index (κ2) is 6.15. The molecule has 1 unspecified atom stereocenters. The van der Waals surface area contributed by atoms with E-state index in [4.69, 9.17) is 0 Å². The van der Waals surface area contributed by atoms with Crippen LogP contribution in [0.1, 0.15) is 33.1 Å². The van der Waals surface area contributed by atoms with Crippen LogP contribution in [-0.4, -0.2) is 44.9 Å². The van der Waals surface area contributed by atoms with Gasteiger partial charge in [-0.05, 0) is 26.2 Å². The highest BCUT2D eigenvalue weighted by molar-refractivity contribution is 5.89. The van der Waals surface area contributed by atoms with E-state index in [0.717, 1.165) is 6.54 Å². The summed E-state index contributed by atoms with van der Waals surface area (Å²) in [4.78, 5) is 25.4. The average Bonchev–Trinajstić information content (AvgIpc) is 2.94. The lowest BCUT2D eigenvalue weighted by atomic mass is 9.78. The van der Waals surface area contributed by atoms with Gasteiger partial charge in [-0.15, -0.1) is 0 Å². The number of nitrogens with one attached hydrogen (secondary N) is 1. The number of carbonyl (C=O) groups is 2. The molecule has 116 valence electrons. The van der Waals surface area contributed by atoms with Gasteiger partial charge in [0.05, 0.1) is 17.3 Å². The van der Waals surface area contributed by atoms with Gasteiger partial charge in [0.15, 0.2) is 0 Å². The minimum Gasteiger partial charge on any atom is -0.481 e. The van der Waals surface area contributed by atoms with Gasteiger partial charge in [-0.1, -0.05) is 6.92 Å². The number of aromatic nitrogens is 2. The monoisotopic (exact) mass is 294 g/mol. The van der Waals surface area contributed by atoms with Gasteiger partial charge in [0.2, 0.25) is 0 Å². The Labute approximate surface area is 123 Å². The second-order valence-corrected chi connectivity index (χ2v) is 5.48. The molecular formula is C14H22N4O3. The number of anilines is 1. The van der Waals surface area contributed by atoms with Gasteiger partial charge in [-0.25, -0.2) is 4.79 Å². The summed E-state index contributed by atoms with van der Waals surface area (Å²) in [6.45, 7) is 5.40. The van der Waals surface area contributed by atoms with E-state index < -0.39 is 11.4 Å². The summed E-state index contributed by atoms with van der Waals surface area (Å²) < 4.78 is 1.72. The molecule has 1 aromatic heterocycles. The molecule has 0 aromatic carbocycles. The summed E-state index contributed by atoms with van der Waals surface area (Å²) in [6, 6.07) is -0.260. The Kier molecular flexibility index (Phi) is 4.50. The van der Waals surface area contributed by atoms with Gasteiger partial charge >= 0.3 is 12.0 Å². The molecule has 0 aliphatic carbocycles. The molecule has 7 nitrogen and oxygen atoms in total. The first-order chi connectivity index (χ1) is 10.0. The molecule has 1 fully saturated rings. The molecule has 0 saturated carbocycles. The highest BCUT2D eigenvalue weighted by Crippen LogP contribution is 2.33. The van der Waals surface area contributed by atoms with Crippen LogP contribution in [0.2, 0.25) is 0 Å². The first-order valence-corrected chi connectivity index (χ1v) is 7.32. The first kappa shape index (κ1) is 15.3. The number of hydrogen-bond acceptors (Lipinski definition) is 3. The molecule has 1 saturated heterocycles. The number of piperidine rings is 1. The zero-order valence-corrected chi connectivity index (χ0v) is 12.5. The Morgan fingerprint density at radius 3 is 2.81 bits per heavy atom. The second-order valence-electron chi connectivity index (χ2n) is 5.48. The Morgan fingerprint density at radius 2 is 2.24 bits per heavy atom. The Morgan fingerprint density at radius 1 is 1.48 bits per heavy atom. The molecule has 0 radical (unpaired) electrons. The average molecular weight is 294 g/mol. The van der Waals surface area contributed by atoms with E-state index in [2.05, 4.69) is 10.4 Å². The number of amides is 2. The quantitative estimate of drug-likeness (QED) is 0.889. The number of nitrogens with zero attached hydrogens (tertiary/aromatic N) is 3. The van der Waals surface area contributed by atoms with Gasteiger partial charge in [-0.3, -0.25) is 9.48 Å². The molecule has 1 aliphatic heterocycles. The zero-order valence-electron chi connectivity index (χ0n) is 12.5. The van der Waals surface area contributed by atoms with E-state index in [0.29, 0.717) is 31.5 Å². The van der Waals surface area contributed by atoms with E-state index in [1.165, 1.54) is 0 Å². The summed E-state index contributed by atoms with van der Waals surface area (Å²) in [5.74, 6) is -0.818. The van der Waals surface area contributed by atoms with Gasteiger partial charge in [0.1, 0.15) is 0 Å². The van der Waals surface area contributed by atoms with Crippen LogP contribution < -0.4 is 5.32 Å². The third kappa shape index (κ3) is 3.17. The van der Waals surface area contributed by atoms with Crippen molar-refractivity contribution in [3.63, 3.8) is 0 Å². The van der Waals surface area contributed by atoms with Gasteiger partial charge in [0.25, 0.3) is 0 Å². The van der Waals surface area contributed by atoms with Crippen molar-refractivity contribution < 1.29 is 14.7 Å². The van der Waals surface area contributed by atoms with Crippen molar-refractivity contribution in [2.75, 3.05) is 18.4 Å². The highest BCUT2D eigenvalue weighted by Gasteiger charge is 2.42.